The first-order chi connectivity index (χ1) is 34.2. The SMILES string of the molecule is Oc1cc(N(c2ccccc2-c2ccccc2)c2cccc3c2oc2ccccc23)ccc1-c1ccc(N(c2ccccc2-c2ccccc2)c2cccc3c2oc2ccccc23)c2ccccc12. The average molecular weight is 887 g/mol. The lowest BCUT2D eigenvalue weighted by atomic mass is 9.94. The number of nitrogens with zero attached hydrogens (tertiary/aromatic N) is 2. The molecule has 0 bridgehead atoms. The molecule has 0 saturated heterocycles. The monoisotopic (exact) mass is 886 g/mol. The molecule has 1 N–H and O–H groups in total. The summed E-state index contributed by atoms with van der Waals surface area (Å²) in [6.07, 6.45) is 0. The lowest BCUT2D eigenvalue weighted by molar-refractivity contribution is 0.477. The summed E-state index contributed by atoms with van der Waals surface area (Å²) in [7, 11) is 0. The van der Waals surface area contributed by atoms with Crippen LogP contribution in [0.5, 0.6) is 5.75 Å². The molecule has 326 valence electrons. The fourth-order valence-corrected chi connectivity index (χ4v) is 10.3. The highest BCUT2D eigenvalue weighted by atomic mass is 16.3. The van der Waals surface area contributed by atoms with Crippen LogP contribution in [0.25, 0.3) is 88.0 Å². The molecule has 0 aliphatic carbocycles. The summed E-state index contributed by atoms with van der Waals surface area (Å²) in [6.45, 7) is 0. The molecular weight excluding hydrogens is 845 g/mol. The van der Waals surface area contributed by atoms with Gasteiger partial charge >= 0.3 is 0 Å². The maximum absolute atomic E-state index is 12.5. The summed E-state index contributed by atoms with van der Waals surface area (Å²) in [6, 6.07) is 85.8. The van der Waals surface area contributed by atoms with Crippen molar-refractivity contribution in [2.75, 3.05) is 9.80 Å². The molecule has 5 heteroatoms. The second kappa shape index (κ2) is 16.5. The topological polar surface area (TPSA) is 53.0 Å². The maximum atomic E-state index is 12.5. The molecule has 0 radical (unpaired) electrons. The summed E-state index contributed by atoms with van der Waals surface area (Å²) in [5.74, 6) is 0.155. The van der Waals surface area contributed by atoms with Crippen LogP contribution in [0.3, 0.4) is 0 Å². The standard InChI is InChI=1S/C64H42N2O3/c67-60-41-44(65(55-31-13-9-23-45(55)42-19-3-1-4-20-42)58-33-17-29-53-51-27-11-15-35-61(51)68-63(53)58)37-38-50(60)48-39-40-57(49-26-8-7-25-47(48)49)66(56-32-14-10-24-46(56)43-21-5-2-6-22-43)59-34-18-30-54-52-28-12-16-36-62(52)69-64(54)59/h1-41,67H. The number of anilines is 6. The van der Waals surface area contributed by atoms with Crippen molar-refractivity contribution in [2.45, 2.75) is 0 Å². The van der Waals surface area contributed by atoms with E-state index >= 15 is 0 Å². The zero-order valence-electron chi connectivity index (χ0n) is 37.3. The Balaban J connectivity index is 0.999. The fourth-order valence-electron chi connectivity index (χ4n) is 10.3. The number of rotatable bonds is 9. The van der Waals surface area contributed by atoms with Gasteiger partial charge in [-0.3, -0.25) is 0 Å². The lowest BCUT2D eigenvalue weighted by Gasteiger charge is -2.30. The molecule has 2 heterocycles. The smallest absolute Gasteiger partial charge is 0.159 e. The molecule has 13 rings (SSSR count). The Labute approximate surface area is 398 Å². The van der Waals surface area contributed by atoms with Gasteiger partial charge < -0.3 is 23.7 Å². The van der Waals surface area contributed by atoms with E-state index < -0.39 is 0 Å². The van der Waals surface area contributed by atoms with Gasteiger partial charge in [0.1, 0.15) is 16.9 Å². The van der Waals surface area contributed by atoms with Gasteiger partial charge in [0, 0.05) is 49.7 Å². The van der Waals surface area contributed by atoms with Crippen molar-refractivity contribution in [1.29, 1.82) is 0 Å². The molecule has 11 aromatic carbocycles. The molecule has 0 unspecified atom stereocenters. The van der Waals surface area contributed by atoms with Gasteiger partial charge in [0.25, 0.3) is 0 Å². The molecule has 0 atom stereocenters. The number of fused-ring (bicyclic) bond motifs is 7. The van der Waals surface area contributed by atoms with E-state index in [1.54, 1.807) is 0 Å². The van der Waals surface area contributed by atoms with E-state index in [1.165, 1.54) is 0 Å². The highest BCUT2D eigenvalue weighted by Gasteiger charge is 2.26. The number of phenols is 1. The first kappa shape index (κ1) is 40.0. The Hall–Kier alpha value is -9.32. The zero-order chi connectivity index (χ0) is 45.8. The van der Waals surface area contributed by atoms with Crippen molar-refractivity contribution in [3.8, 4) is 39.1 Å². The Bertz CT molecular complexity index is 4060. The van der Waals surface area contributed by atoms with E-state index in [0.717, 1.165) is 122 Å². The highest BCUT2D eigenvalue weighted by molar-refractivity contribution is 6.14. The Morgan fingerprint density at radius 3 is 1.29 bits per heavy atom. The average Bonchev–Trinajstić information content (AvgIpc) is 4.00. The first-order valence-corrected chi connectivity index (χ1v) is 23.2. The van der Waals surface area contributed by atoms with Gasteiger partial charge in [0.05, 0.1) is 34.1 Å². The van der Waals surface area contributed by atoms with Crippen molar-refractivity contribution in [3.63, 3.8) is 0 Å². The predicted octanol–water partition coefficient (Wildman–Crippen LogP) is 18.3. The third-order valence-corrected chi connectivity index (χ3v) is 13.4. The number of benzene rings is 11. The molecule has 0 spiro atoms. The summed E-state index contributed by atoms with van der Waals surface area (Å²) in [4.78, 5) is 4.54. The molecule has 0 saturated carbocycles. The lowest BCUT2D eigenvalue weighted by Crippen LogP contribution is -2.12. The normalized spacial score (nSPS) is 11.5. The number of hydrogen-bond acceptors (Lipinski definition) is 5. The van der Waals surface area contributed by atoms with Crippen molar-refractivity contribution in [1.82, 2.24) is 0 Å². The Morgan fingerprint density at radius 2 is 0.710 bits per heavy atom. The van der Waals surface area contributed by atoms with Gasteiger partial charge in [-0.25, -0.2) is 0 Å². The number of para-hydroxylation sites is 6. The Kier molecular flexibility index (Phi) is 9.58. The van der Waals surface area contributed by atoms with Gasteiger partial charge in [-0.05, 0) is 76.7 Å². The third-order valence-electron chi connectivity index (χ3n) is 13.4. The van der Waals surface area contributed by atoms with Crippen molar-refractivity contribution >= 4 is 88.8 Å². The maximum Gasteiger partial charge on any atom is 0.159 e. The molecule has 0 fully saturated rings. The van der Waals surface area contributed by atoms with E-state index in [-0.39, 0.29) is 5.75 Å². The number of phenolic OH excluding ortho intramolecular Hbond substituents is 1. The summed E-state index contributed by atoms with van der Waals surface area (Å²) in [5, 5.41) is 18.7. The molecule has 13 aromatic rings. The van der Waals surface area contributed by atoms with Crippen molar-refractivity contribution < 1.29 is 13.9 Å². The fraction of sp³-hybridized carbons (Fsp3) is 0. The third kappa shape index (κ3) is 6.70. The van der Waals surface area contributed by atoms with E-state index in [9.17, 15) is 5.11 Å². The number of furan rings is 2. The highest BCUT2D eigenvalue weighted by Crippen LogP contribution is 2.51. The summed E-state index contributed by atoms with van der Waals surface area (Å²) < 4.78 is 13.4. The zero-order valence-corrected chi connectivity index (χ0v) is 37.3. The number of hydrogen-bond donors (Lipinski definition) is 1. The predicted molar refractivity (Wildman–Crippen MR) is 286 cm³/mol. The van der Waals surface area contributed by atoms with Crippen LogP contribution < -0.4 is 9.80 Å². The van der Waals surface area contributed by atoms with Crippen molar-refractivity contribution in [3.05, 3.63) is 249 Å². The Morgan fingerprint density at radius 1 is 0.275 bits per heavy atom. The number of aromatic hydroxyl groups is 1. The molecule has 0 aliphatic rings. The summed E-state index contributed by atoms with van der Waals surface area (Å²) >= 11 is 0. The van der Waals surface area contributed by atoms with Gasteiger partial charge in [-0.15, -0.1) is 0 Å². The van der Waals surface area contributed by atoms with Gasteiger partial charge in [0.15, 0.2) is 11.2 Å². The van der Waals surface area contributed by atoms with E-state index in [0.29, 0.717) is 0 Å². The second-order valence-corrected chi connectivity index (χ2v) is 17.3. The van der Waals surface area contributed by atoms with Crippen LogP contribution in [0.4, 0.5) is 34.1 Å². The van der Waals surface area contributed by atoms with Crippen LogP contribution in [0.1, 0.15) is 0 Å². The largest absolute Gasteiger partial charge is 0.507 e. The van der Waals surface area contributed by atoms with E-state index in [1.807, 2.05) is 48.5 Å². The quantitative estimate of drug-likeness (QED) is 0.156. The van der Waals surface area contributed by atoms with E-state index in [4.69, 9.17) is 8.83 Å². The van der Waals surface area contributed by atoms with Crippen LogP contribution >= 0.6 is 0 Å². The van der Waals surface area contributed by atoms with Crippen LogP contribution in [-0.2, 0) is 0 Å². The molecule has 5 nitrogen and oxygen atoms in total. The van der Waals surface area contributed by atoms with Gasteiger partial charge in [-0.1, -0.05) is 188 Å². The molecule has 0 aliphatic heterocycles. The van der Waals surface area contributed by atoms with Crippen LogP contribution in [0, 0.1) is 0 Å². The minimum Gasteiger partial charge on any atom is -0.507 e. The van der Waals surface area contributed by atoms with Gasteiger partial charge in [-0.2, -0.15) is 0 Å². The minimum absolute atomic E-state index is 0.155. The molecule has 69 heavy (non-hydrogen) atoms. The van der Waals surface area contributed by atoms with Gasteiger partial charge in [0.2, 0.25) is 0 Å². The summed E-state index contributed by atoms with van der Waals surface area (Å²) in [5.41, 5.74) is 14.7. The van der Waals surface area contributed by atoms with E-state index in [2.05, 4.69) is 210 Å². The molecule has 2 aromatic heterocycles. The van der Waals surface area contributed by atoms with Crippen LogP contribution in [0.2, 0.25) is 0 Å². The van der Waals surface area contributed by atoms with Crippen molar-refractivity contribution in [2.24, 2.45) is 0 Å². The minimum atomic E-state index is 0.155. The molecular formula is C64H42N2O3. The second-order valence-electron chi connectivity index (χ2n) is 17.3. The first-order valence-electron chi connectivity index (χ1n) is 23.2. The van der Waals surface area contributed by atoms with Crippen LogP contribution in [-0.4, -0.2) is 5.11 Å². The van der Waals surface area contributed by atoms with Crippen LogP contribution in [0.15, 0.2) is 258 Å². The molecule has 0 amide bonds.